The number of anilines is 1. The van der Waals surface area contributed by atoms with Crippen LogP contribution in [0.15, 0.2) is 42.5 Å². The van der Waals surface area contributed by atoms with E-state index in [1.165, 1.54) is 5.56 Å². The number of ether oxygens (including phenoxy) is 1. The first-order valence-corrected chi connectivity index (χ1v) is 11.0. The lowest BCUT2D eigenvalue weighted by atomic mass is 10.1. The molecule has 28 heavy (non-hydrogen) atoms. The molecular formula is C21H28N2O4S. The summed E-state index contributed by atoms with van der Waals surface area (Å²) in [6.45, 7) is 6.41. The maximum atomic E-state index is 12.6. The highest BCUT2D eigenvalue weighted by Crippen LogP contribution is 2.21. The van der Waals surface area contributed by atoms with Gasteiger partial charge in [-0.3, -0.25) is 9.52 Å². The Bertz CT molecular complexity index is 924. The number of benzene rings is 2. The lowest BCUT2D eigenvalue weighted by Crippen LogP contribution is -2.39. The van der Waals surface area contributed by atoms with E-state index in [1.54, 1.807) is 36.2 Å². The third-order valence-electron chi connectivity index (χ3n) is 4.70. The minimum Gasteiger partial charge on any atom is -0.491 e. The predicted octanol–water partition coefficient (Wildman–Crippen LogP) is 3.14. The largest absolute Gasteiger partial charge is 0.491 e. The average Bonchev–Trinajstić information content (AvgIpc) is 2.62. The predicted molar refractivity (Wildman–Crippen MR) is 112 cm³/mol. The average molecular weight is 405 g/mol. The summed E-state index contributed by atoms with van der Waals surface area (Å²) < 4.78 is 30.8. The fraction of sp³-hybridized carbons (Fsp3) is 0.381. The Balaban J connectivity index is 1.91. The van der Waals surface area contributed by atoms with Crippen LogP contribution in [0, 0.1) is 13.8 Å². The van der Waals surface area contributed by atoms with E-state index in [2.05, 4.69) is 4.72 Å². The van der Waals surface area contributed by atoms with Gasteiger partial charge in [0.05, 0.1) is 18.7 Å². The summed E-state index contributed by atoms with van der Waals surface area (Å²) in [7, 11) is -1.55. The maximum Gasteiger partial charge on any atom is 0.229 e. The normalized spacial score (nSPS) is 12.3. The topological polar surface area (TPSA) is 75.7 Å². The molecule has 0 radical (unpaired) electrons. The third kappa shape index (κ3) is 6.27. The van der Waals surface area contributed by atoms with E-state index >= 15 is 0 Å². The molecule has 7 heteroatoms. The molecule has 6 nitrogen and oxygen atoms in total. The van der Waals surface area contributed by atoms with Crippen molar-refractivity contribution in [2.24, 2.45) is 0 Å². The minimum atomic E-state index is -3.31. The van der Waals surface area contributed by atoms with Crippen LogP contribution in [0.1, 0.15) is 23.6 Å². The molecule has 0 aliphatic rings. The standard InChI is InChI=1S/C21H28N2O4S/c1-15-7-6-8-20(17(15)3)27-14-16(2)23(4)21(24)13-18-9-11-19(12-10-18)22-28(5,25)26/h6-12,16,22H,13-14H2,1-5H3. The van der Waals surface area contributed by atoms with Gasteiger partial charge in [0.2, 0.25) is 15.9 Å². The zero-order valence-electron chi connectivity index (χ0n) is 17.0. The van der Waals surface area contributed by atoms with Crippen LogP contribution >= 0.6 is 0 Å². The highest BCUT2D eigenvalue weighted by Gasteiger charge is 2.17. The molecule has 1 unspecified atom stereocenters. The van der Waals surface area contributed by atoms with Gasteiger partial charge in [0.15, 0.2) is 0 Å². The molecule has 0 aliphatic carbocycles. The van der Waals surface area contributed by atoms with Crippen molar-refractivity contribution in [1.82, 2.24) is 4.90 Å². The van der Waals surface area contributed by atoms with E-state index < -0.39 is 10.0 Å². The third-order valence-corrected chi connectivity index (χ3v) is 5.31. The molecule has 0 fully saturated rings. The fourth-order valence-electron chi connectivity index (χ4n) is 2.65. The number of carbonyl (C=O) groups is 1. The van der Waals surface area contributed by atoms with Crippen LogP contribution in [0.3, 0.4) is 0 Å². The first-order chi connectivity index (χ1) is 13.1. The monoisotopic (exact) mass is 404 g/mol. The second kappa shape index (κ2) is 9.10. The van der Waals surface area contributed by atoms with Crippen molar-refractivity contribution in [3.05, 3.63) is 59.2 Å². The first-order valence-electron chi connectivity index (χ1n) is 9.08. The second-order valence-electron chi connectivity index (χ2n) is 7.11. The molecule has 0 aliphatic heterocycles. The smallest absolute Gasteiger partial charge is 0.229 e. The van der Waals surface area contributed by atoms with Crippen molar-refractivity contribution in [3.63, 3.8) is 0 Å². The Kier molecular flexibility index (Phi) is 7.07. The molecule has 0 aromatic heterocycles. The number of hydrogen-bond acceptors (Lipinski definition) is 4. The number of aryl methyl sites for hydroxylation is 1. The molecule has 1 atom stereocenters. The van der Waals surface area contributed by atoms with Crippen molar-refractivity contribution in [1.29, 1.82) is 0 Å². The van der Waals surface area contributed by atoms with Gasteiger partial charge in [-0.05, 0) is 55.7 Å². The Hall–Kier alpha value is -2.54. The summed E-state index contributed by atoms with van der Waals surface area (Å²) in [4.78, 5) is 14.2. The summed E-state index contributed by atoms with van der Waals surface area (Å²) in [5.41, 5.74) is 3.57. The number of sulfonamides is 1. The molecule has 0 saturated heterocycles. The fourth-order valence-corrected chi connectivity index (χ4v) is 3.22. The highest BCUT2D eigenvalue weighted by atomic mass is 32.2. The second-order valence-corrected chi connectivity index (χ2v) is 8.86. The van der Waals surface area contributed by atoms with E-state index in [0.29, 0.717) is 12.3 Å². The van der Waals surface area contributed by atoms with Gasteiger partial charge in [-0.2, -0.15) is 0 Å². The van der Waals surface area contributed by atoms with E-state index in [4.69, 9.17) is 4.74 Å². The molecule has 0 heterocycles. The Morgan fingerprint density at radius 2 is 1.79 bits per heavy atom. The molecule has 2 rings (SSSR count). The van der Waals surface area contributed by atoms with Gasteiger partial charge in [0, 0.05) is 12.7 Å². The van der Waals surface area contributed by atoms with E-state index in [-0.39, 0.29) is 18.4 Å². The highest BCUT2D eigenvalue weighted by molar-refractivity contribution is 7.92. The molecule has 0 saturated carbocycles. The lowest BCUT2D eigenvalue weighted by Gasteiger charge is -2.25. The number of nitrogens with zero attached hydrogens (tertiary/aromatic N) is 1. The first kappa shape index (κ1) is 21.8. The van der Waals surface area contributed by atoms with Crippen molar-refractivity contribution in [2.45, 2.75) is 33.2 Å². The summed E-state index contributed by atoms with van der Waals surface area (Å²) in [6, 6.07) is 12.6. The summed E-state index contributed by atoms with van der Waals surface area (Å²) in [6.07, 6.45) is 1.34. The van der Waals surface area contributed by atoms with Crippen LogP contribution in [0.25, 0.3) is 0 Å². The summed E-state index contributed by atoms with van der Waals surface area (Å²) in [5.74, 6) is 0.808. The summed E-state index contributed by atoms with van der Waals surface area (Å²) in [5, 5.41) is 0. The van der Waals surface area contributed by atoms with E-state index in [9.17, 15) is 13.2 Å². The van der Waals surface area contributed by atoms with Gasteiger partial charge in [-0.15, -0.1) is 0 Å². The number of nitrogens with one attached hydrogen (secondary N) is 1. The van der Waals surface area contributed by atoms with Gasteiger partial charge >= 0.3 is 0 Å². The van der Waals surface area contributed by atoms with Crippen molar-refractivity contribution >= 4 is 21.6 Å². The number of rotatable bonds is 8. The number of hydrogen-bond donors (Lipinski definition) is 1. The number of likely N-dealkylation sites (N-methyl/N-ethyl adjacent to an activating group) is 1. The zero-order chi connectivity index (χ0) is 20.9. The van der Waals surface area contributed by atoms with Gasteiger partial charge in [0.25, 0.3) is 0 Å². The molecule has 0 bridgehead atoms. The molecule has 1 amide bonds. The van der Waals surface area contributed by atoms with E-state index in [1.807, 2.05) is 39.0 Å². The van der Waals surface area contributed by atoms with Gasteiger partial charge in [-0.25, -0.2) is 8.42 Å². The van der Waals surface area contributed by atoms with Gasteiger partial charge in [-0.1, -0.05) is 24.3 Å². The van der Waals surface area contributed by atoms with Crippen LogP contribution in [-0.4, -0.2) is 45.2 Å². The Morgan fingerprint density at radius 1 is 1.14 bits per heavy atom. The lowest BCUT2D eigenvalue weighted by molar-refractivity contribution is -0.131. The molecule has 1 N–H and O–H groups in total. The van der Waals surface area contributed by atoms with Crippen molar-refractivity contribution in [3.8, 4) is 5.75 Å². The van der Waals surface area contributed by atoms with Gasteiger partial charge in [0.1, 0.15) is 12.4 Å². The number of carbonyl (C=O) groups excluding carboxylic acids is 1. The molecule has 0 spiro atoms. The van der Waals surface area contributed by atoms with Crippen LogP contribution < -0.4 is 9.46 Å². The van der Waals surface area contributed by atoms with Crippen molar-refractivity contribution in [2.75, 3.05) is 24.6 Å². The Labute approximate surface area is 167 Å². The zero-order valence-corrected chi connectivity index (χ0v) is 17.8. The van der Waals surface area contributed by atoms with Crippen LogP contribution in [-0.2, 0) is 21.2 Å². The maximum absolute atomic E-state index is 12.6. The van der Waals surface area contributed by atoms with Crippen LogP contribution in [0.4, 0.5) is 5.69 Å². The Morgan fingerprint density at radius 3 is 2.39 bits per heavy atom. The molecule has 152 valence electrons. The summed E-state index contributed by atoms with van der Waals surface area (Å²) >= 11 is 0. The SMILES string of the molecule is Cc1cccc(OCC(C)N(C)C(=O)Cc2ccc(NS(C)(=O)=O)cc2)c1C. The minimum absolute atomic E-state index is 0.0270. The molecular weight excluding hydrogens is 376 g/mol. The molecule has 2 aromatic rings. The van der Waals surface area contributed by atoms with Crippen LogP contribution in [0.2, 0.25) is 0 Å². The quantitative estimate of drug-likeness (QED) is 0.733. The van der Waals surface area contributed by atoms with Crippen LogP contribution in [0.5, 0.6) is 5.75 Å². The molecule has 2 aromatic carbocycles. The van der Waals surface area contributed by atoms with Crippen molar-refractivity contribution < 1.29 is 17.9 Å². The van der Waals surface area contributed by atoms with Gasteiger partial charge < -0.3 is 9.64 Å². The number of amides is 1. The van der Waals surface area contributed by atoms with E-state index in [0.717, 1.165) is 23.1 Å².